The lowest BCUT2D eigenvalue weighted by molar-refractivity contribution is 0.0697. The van der Waals surface area contributed by atoms with Crippen LogP contribution < -0.4 is 9.47 Å². The van der Waals surface area contributed by atoms with Crippen molar-refractivity contribution in [1.82, 2.24) is 10.1 Å². The van der Waals surface area contributed by atoms with E-state index in [9.17, 15) is 9.90 Å². The van der Waals surface area contributed by atoms with Gasteiger partial charge in [0.1, 0.15) is 22.9 Å². The molecule has 0 amide bonds. The maximum atomic E-state index is 11.3. The van der Waals surface area contributed by atoms with Gasteiger partial charge in [-0.15, -0.1) is 0 Å². The fourth-order valence-corrected chi connectivity index (χ4v) is 2.30. The molecule has 122 valence electrons. The van der Waals surface area contributed by atoms with Crippen LogP contribution in [0.25, 0.3) is 22.7 Å². The van der Waals surface area contributed by atoms with E-state index in [1.807, 2.05) is 0 Å². The summed E-state index contributed by atoms with van der Waals surface area (Å²) in [5.74, 6) is 0.551. The topological polar surface area (TPSA) is 94.7 Å². The molecule has 2 heterocycles. The number of nitrogens with zero attached hydrogens (tertiary/aromatic N) is 2. The predicted molar refractivity (Wildman–Crippen MR) is 85.2 cm³/mol. The van der Waals surface area contributed by atoms with Gasteiger partial charge in [0.25, 0.3) is 0 Å². The van der Waals surface area contributed by atoms with Gasteiger partial charge in [0.05, 0.1) is 25.3 Å². The zero-order valence-electron chi connectivity index (χ0n) is 13.0. The Labute approximate surface area is 137 Å². The third kappa shape index (κ3) is 2.79. The average Bonchev–Trinajstić information content (AvgIpc) is 3.10. The van der Waals surface area contributed by atoms with Crippen LogP contribution in [0.1, 0.15) is 10.4 Å². The summed E-state index contributed by atoms with van der Waals surface area (Å²) in [5, 5.41) is 13.2. The standard InChI is InChI=1S/C17H14N2O5/c1-22-10-5-6-14(23-2)12(8-10)15-9-13(19-24-15)16-11(17(20)21)4-3-7-18-16/h3-9H,1-2H3,(H,20,21). The van der Waals surface area contributed by atoms with Crippen LogP contribution in [0, 0.1) is 0 Å². The second-order valence-corrected chi connectivity index (χ2v) is 4.85. The molecule has 0 spiro atoms. The van der Waals surface area contributed by atoms with Crippen LogP contribution in [-0.4, -0.2) is 35.4 Å². The molecule has 7 heteroatoms. The first kappa shape index (κ1) is 15.5. The van der Waals surface area contributed by atoms with Gasteiger partial charge in [-0.05, 0) is 30.3 Å². The van der Waals surface area contributed by atoms with Crippen molar-refractivity contribution in [2.24, 2.45) is 0 Å². The van der Waals surface area contributed by atoms with Crippen molar-refractivity contribution in [3.05, 3.63) is 48.2 Å². The molecule has 0 aliphatic rings. The summed E-state index contributed by atoms with van der Waals surface area (Å²) in [6.07, 6.45) is 1.50. The SMILES string of the molecule is COc1ccc(OC)c(-c2cc(-c3ncccc3C(=O)O)no2)c1. The van der Waals surface area contributed by atoms with Crippen LogP contribution in [-0.2, 0) is 0 Å². The molecule has 1 aromatic carbocycles. The molecule has 0 atom stereocenters. The summed E-state index contributed by atoms with van der Waals surface area (Å²) in [4.78, 5) is 15.4. The number of aromatic carboxylic acids is 1. The fraction of sp³-hybridized carbons (Fsp3) is 0.118. The normalized spacial score (nSPS) is 10.4. The number of hydrogen-bond donors (Lipinski definition) is 1. The van der Waals surface area contributed by atoms with Crippen molar-refractivity contribution in [3.8, 4) is 34.2 Å². The molecule has 24 heavy (non-hydrogen) atoms. The van der Waals surface area contributed by atoms with Gasteiger partial charge in [-0.25, -0.2) is 4.79 Å². The van der Waals surface area contributed by atoms with E-state index in [1.54, 1.807) is 44.6 Å². The number of carbonyl (C=O) groups is 1. The number of carboxylic acid groups (broad SMARTS) is 1. The van der Waals surface area contributed by atoms with Gasteiger partial charge in [0, 0.05) is 12.3 Å². The molecule has 2 aromatic heterocycles. The zero-order valence-corrected chi connectivity index (χ0v) is 13.0. The quantitative estimate of drug-likeness (QED) is 0.769. The van der Waals surface area contributed by atoms with Gasteiger partial charge < -0.3 is 19.1 Å². The second kappa shape index (κ2) is 6.41. The highest BCUT2D eigenvalue weighted by Crippen LogP contribution is 2.35. The second-order valence-electron chi connectivity index (χ2n) is 4.85. The van der Waals surface area contributed by atoms with Gasteiger partial charge in [-0.3, -0.25) is 4.98 Å². The van der Waals surface area contributed by atoms with Crippen molar-refractivity contribution in [3.63, 3.8) is 0 Å². The molecule has 0 saturated carbocycles. The van der Waals surface area contributed by atoms with E-state index in [1.165, 1.54) is 12.3 Å². The van der Waals surface area contributed by atoms with Crippen LogP contribution in [0.3, 0.4) is 0 Å². The van der Waals surface area contributed by atoms with E-state index in [-0.39, 0.29) is 11.3 Å². The first-order chi connectivity index (χ1) is 11.6. The first-order valence-corrected chi connectivity index (χ1v) is 7.02. The zero-order chi connectivity index (χ0) is 17.1. The van der Waals surface area contributed by atoms with E-state index < -0.39 is 5.97 Å². The highest BCUT2D eigenvalue weighted by atomic mass is 16.5. The van der Waals surface area contributed by atoms with Crippen molar-refractivity contribution in [1.29, 1.82) is 0 Å². The number of carboxylic acids is 1. The number of hydrogen-bond acceptors (Lipinski definition) is 6. The number of rotatable bonds is 5. The van der Waals surface area contributed by atoms with E-state index in [0.717, 1.165) is 0 Å². The van der Waals surface area contributed by atoms with Gasteiger partial charge in [0.2, 0.25) is 0 Å². The third-order valence-electron chi connectivity index (χ3n) is 3.46. The third-order valence-corrected chi connectivity index (χ3v) is 3.46. The van der Waals surface area contributed by atoms with Crippen LogP contribution in [0.5, 0.6) is 11.5 Å². The Hall–Kier alpha value is -3.35. The molecule has 3 rings (SSSR count). The number of pyridine rings is 1. The molecular weight excluding hydrogens is 312 g/mol. The highest BCUT2D eigenvalue weighted by Gasteiger charge is 2.19. The summed E-state index contributed by atoms with van der Waals surface area (Å²) in [6, 6.07) is 9.90. The minimum absolute atomic E-state index is 0.0509. The monoisotopic (exact) mass is 326 g/mol. The molecule has 0 fully saturated rings. The van der Waals surface area contributed by atoms with E-state index in [0.29, 0.717) is 28.5 Å². The Morgan fingerprint density at radius 3 is 2.71 bits per heavy atom. The minimum atomic E-state index is -1.08. The van der Waals surface area contributed by atoms with Crippen molar-refractivity contribution >= 4 is 5.97 Å². The van der Waals surface area contributed by atoms with Crippen LogP contribution in [0.15, 0.2) is 47.1 Å². The maximum Gasteiger partial charge on any atom is 0.337 e. The van der Waals surface area contributed by atoms with Gasteiger partial charge in [0.15, 0.2) is 5.76 Å². The molecular formula is C17H14N2O5. The Bertz CT molecular complexity index is 888. The Morgan fingerprint density at radius 2 is 2.00 bits per heavy atom. The van der Waals surface area contributed by atoms with Crippen molar-refractivity contribution in [2.45, 2.75) is 0 Å². The molecule has 0 bridgehead atoms. The van der Waals surface area contributed by atoms with E-state index in [2.05, 4.69) is 10.1 Å². The molecule has 0 aliphatic heterocycles. The van der Waals surface area contributed by atoms with Gasteiger partial charge >= 0.3 is 5.97 Å². The van der Waals surface area contributed by atoms with Crippen molar-refractivity contribution < 1.29 is 23.9 Å². The van der Waals surface area contributed by atoms with Gasteiger partial charge in [-0.1, -0.05) is 5.16 Å². The number of methoxy groups -OCH3 is 2. The molecule has 0 unspecified atom stereocenters. The lowest BCUT2D eigenvalue weighted by atomic mass is 10.1. The average molecular weight is 326 g/mol. The summed E-state index contributed by atoms with van der Waals surface area (Å²) < 4.78 is 15.9. The summed E-state index contributed by atoms with van der Waals surface area (Å²) in [7, 11) is 3.11. The van der Waals surface area contributed by atoms with Crippen molar-refractivity contribution in [2.75, 3.05) is 14.2 Å². The lowest BCUT2D eigenvalue weighted by Gasteiger charge is -2.07. The molecule has 0 radical (unpaired) electrons. The molecule has 0 aliphatic carbocycles. The number of benzene rings is 1. The predicted octanol–water partition coefficient (Wildman–Crippen LogP) is 3.12. The van der Waals surface area contributed by atoms with E-state index in [4.69, 9.17) is 14.0 Å². The molecule has 1 N–H and O–H groups in total. The highest BCUT2D eigenvalue weighted by molar-refractivity contribution is 5.94. The maximum absolute atomic E-state index is 11.3. The summed E-state index contributed by atoms with van der Waals surface area (Å²) in [6.45, 7) is 0. The van der Waals surface area contributed by atoms with Crippen LogP contribution in [0.4, 0.5) is 0 Å². The summed E-state index contributed by atoms with van der Waals surface area (Å²) >= 11 is 0. The van der Waals surface area contributed by atoms with Crippen LogP contribution in [0.2, 0.25) is 0 Å². The van der Waals surface area contributed by atoms with Crippen LogP contribution >= 0.6 is 0 Å². The summed E-state index contributed by atoms with van der Waals surface area (Å²) in [5.41, 5.74) is 1.26. The Kier molecular flexibility index (Phi) is 4.15. The minimum Gasteiger partial charge on any atom is -0.497 e. The molecule has 7 nitrogen and oxygen atoms in total. The Morgan fingerprint density at radius 1 is 1.17 bits per heavy atom. The lowest BCUT2D eigenvalue weighted by Crippen LogP contribution is -2.01. The molecule has 0 saturated heterocycles. The largest absolute Gasteiger partial charge is 0.497 e. The molecule has 3 aromatic rings. The number of ether oxygens (including phenoxy) is 2. The smallest absolute Gasteiger partial charge is 0.337 e. The number of aromatic nitrogens is 2. The Balaban J connectivity index is 2.08. The van der Waals surface area contributed by atoms with Gasteiger partial charge in [-0.2, -0.15) is 0 Å². The first-order valence-electron chi connectivity index (χ1n) is 7.02. The fourth-order valence-electron chi connectivity index (χ4n) is 2.30. The van der Waals surface area contributed by atoms with E-state index >= 15 is 0 Å².